The van der Waals surface area contributed by atoms with Crippen LogP contribution in [0.3, 0.4) is 0 Å². The summed E-state index contributed by atoms with van der Waals surface area (Å²) in [5, 5.41) is 17.3. The van der Waals surface area contributed by atoms with Crippen molar-refractivity contribution in [1.29, 1.82) is 0 Å². The predicted molar refractivity (Wildman–Crippen MR) is 49.2 cm³/mol. The van der Waals surface area contributed by atoms with E-state index >= 15 is 0 Å². The second-order valence-electron chi connectivity index (χ2n) is 2.81. The van der Waals surface area contributed by atoms with Crippen molar-refractivity contribution in [3.8, 4) is 0 Å². The first kappa shape index (κ1) is 12.9. The van der Waals surface area contributed by atoms with Gasteiger partial charge in [0.2, 0.25) is 0 Å². The first-order valence-electron chi connectivity index (χ1n) is 3.75. The van der Waals surface area contributed by atoms with E-state index in [1.807, 2.05) is 0 Å². The van der Waals surface area contributed by atoms with Crippen LogP contribution in [0.5, 0.6) is 0 Å². The van der Waals surface area contributed by atoms with Crippen molar-refractivity contribution in [2.75, 3.05) is 0 Å². The van der Waals surface area contributed by atoms with Gasteiger partial charge in [0.25, 0.3) is 0 Å². The van der Waals surface area contributed by atoms with E-state index in [9.17, 15) is 9.59 Å². The number of carbonyl (C=O) groups is 2. The molecule has 13 heavy (non-hydrogen) atoms. The summed E-state index contributed by atoms with van der Waals surface area (Å²) in [6.45, 7) is 0. The zero-order chi connectivity index (χ0) is 9.14. The second kappa shape index (κ2) is 5.62. The second-order valence-corrected chi connectivity index (χ2v) is 2.81. The fraction of sp³-hybridized carbons (Fsp3) is 0.500. The van der Waals surface area contributed by atoms with E-state index in [2.05, 4.69) is 0 Å². The Hall–Kier alpha value is -0.0603. The van der Waals surface area contributed by atoms with Crippen LogP contribution in [0.15, 0.2) is 12.2 Å². The zero-order valence-corrected chi connectivity index (χ0v) is 6.43. The van der Waals surface area contributed by atoms with Crippen molar-refractivity contribution < 1.29 is 19.8 Å². The van der Waals surface area contributed by atoms with Crippen molar-refractivity contribution in [2.45, 2.75) is 12.8 Å². The topological polar surface area (TPSA) is 74.6 Å². The van der Waals surface area contributed by atoms with Crippen LogP contribution in [-0.2, 0) is 9.59 Å². The Labute approximate surface area is 106 Å². The monoisotopic (exact) mass is 212 g/mol. The molecule has 0 aromatic rings. The van der Waals surface area contributed by atoms with Gasteiger partial charge in [0.1, 0.15) is 0 Å². The molecule has 0 saturated carbocycles. The SMILES string of the molecule is O=C(O)C1C=CCCC1C(=O)O.[CaH2]. The van der Waals surface area contributed by atoms with Crippen LogP contribution < -0.4 is 0 Å². The summed E-state index contributed by atoms with van der Waals surface area (Å²) in [5.74, 6) is -3.69. The number of hydrogen-bond donors (Lipinski definition) is 2. The van der Waals surface area contributed by atoms with E-state index in [0.29, 0.717) is 12.8 Å². The number of allylic oxidation sites excluding steroid dienone is 1. The molecule has 0 fully saturated rings. The van der Waals surface area contributed by atoms with Crippen LogP contribution in [-0.4, -0.2) is 59.9 Å². The molecule has 5 heteroatoms. The van der Waals surface area contributed by atoms with Gasteiger partial charge in [0.15, 0.2) is 0 Å². The molecule has 4 nitrogen and oxygen atoms in total. The number of carboxylic acid groups (broad SMARTS) is 2. The summed E-state index contributed by atoms with van der Waals surface area (Å²) in [4.78, 5) is 21.1. The van der Waals surface area contributed by atoms with Gasteiger partial charge in [-0.3, -0.25) is 9.59 Å². The third-order valence-corrected chi connectivity index (χ3v) is 2.02. The zero-order valence-electron chi connectivity index (χ0n) is 6.43. The quantitative estimate of drug-likeness (QED) is 0.492. The van der Waals surface area contributed by atoms with E-state index in [1.165, 1.54) is 6.08 Å². The molecule has 0 bridgehead atoms. The van der Waals surface area contributed by atoms with Crippen molar-refractivity contribution in [3.63, 3.8) is 0 Å². The van der Waals surface area contributed by atoms with Crippen LogP contribution in [0.2, 0.25) is 0 Å². The molecule has 0 aromatic heterocycles. The van der Waals surface area contributed by atoms with Gasteiger partial charge in [0, 0.05) is 0 Å². The molecule has 0 heterocycles. The van der Waals surface area contributed by atoms with E-state index < -0.39 is 23.8 Å². The van der Waals surface area contributed by atoms with E-state index in [4.69, 9.17) is 10.2 Å². The van der Waals surface area contributed by atoms with Crippen LogP contribution in [0.25, 0.3) is 0 Å². The van der Waals surface area contributed by atoms with Crippen LogP contribution in [0.4, 0.5) is 0 Å². The van der Waals surface area contributed by atoms with Crippen molar-refractivity contribution in [3.05, 3.63) is 12.2 Å². The summed E-state index contributed by atoms with van der Waals surface area (Å²) in [7, 11) is 0. The van der Waals surface area contributed by atoms with Gasteiger partial charge in [-0.05, 0) is 12.8 Å². The van der Waals surface area contributed by atoms with E-state index in [1.54, 1.807) is 6.08 Å². The summed E-state index contributed by atoms with van der Waals surface area (Å²) in [6, 6.07) is 0. The Morgan fingerprint density at radius 1 is 1.23 bits per heavy atom. The third kappa shape index (κ3) is 3.29. The molecular weight excluding hydrogens is 200 g/mol. The molecule has 1 rings (SSSR count). The first-order valence-corrected chi connectivity index (χ1v) is 3.75. The molecule has 70 valence electrons. The average Bonchev–Trinajstić information content (AvgIpc) is 2.04. The molecule has 0 aromatic carbocycles. The summed E-state index contributed by atoms with van der Waals surface area (Å²) < 4.78 is 0. The molecule has 2 atom stereocenters. The van der Waals surface area contributed by atoms with Gasteiger partial charge in [-0.25, -0.2) is 0 Å². The third-order valence-electron chi connectivity index (χ3n) is 2.02. The minimum absolute atomic E-state index is 0. The summed E-state index contributed by atoms with van der Waals surface area (Å²) in [6.07, 6.45) is 4.26. The molecule has 0 aliphatic heterocycles. The summed E-state index contributed by atoms with van der Waals surface area (Å²) in [5.41, 5.74) is 0. The number of rotatable bonds is 2. The number of carboxylic acids is 2. The first-order chi connectivity index (χ1) is 5.63. The molecule has 2 N–H and O–H groups in total. The molecule has 0 saturated heterocycles. The van der Waals surface area contributed by atoms with Crippen molar-refractivity contribution >= 4 is 49.7 Å². The Bertz CT molecular complexity index is 236. The molecule has 1 aliphatic rings. The minimum atomic E-state index is -1.06. The van der Waals surface area contributed by atoms with Gasteiger partial charge in [-0.15, -0.1) is 0 Å². The van der Waals surface area contributed by atoms with Gasteiger partial charge < -0.3 is 10.2 Å². The van der Waals surface area contributed by atoms with Gasteiger partial charge in [0.05, 0.1) is 11.8 Å². The standard InChI is InChI=1S/C8H10O4.Ca.2H/c9-7(10)5-3-1-2-4-6(5)8(11)12;;;/h1,3,5-6H,2,4H2,(H,9,10)(H,11,12);;;. The number of hydrogen-bond acceptors (Lipinski definition) is 2. The Morgan fingerprint density at radius 3 is 2.23 bits per heavy atom. The van der Waals surface area contributed by atoms with Gasteiger partial charge in [-0.1, -0.05) is 12.2 Å². The average molecular weight is 212 g/mol. The molecule has 2 unspecified atom stereocenters. The van der Waals surface area contributed by atoms with Gasteiger partial charge in [-0.2, -0.15) is 0 Å². The van der Waals surface area contributed by atoms with Crippen LogP contribution in [0.1, 0.15) is 12.8 Å². The van der Waals surface area contributed by atoms with Crippen molar-refractivity contribution in [2.24, 2.45) is 11.8 Å². The number of aliphatic carboxylic acids is 2. The van der Waals surface area contributed by atoms with Crippen LogP contribution in [0, 0.1) is 11.8 Å². The van der Waals surface area contributed by atoms with E-state index in [0.717, 1.165) is 0 Å². The molecule has 0 spiro atoms. The Balaban J connectivity index is 0.00000144. The molecule has 0 amide bonds. The van der Waals surface area contributed by atoms with Crippen LogP contribution >= 0.6 is 0 Å². The van der Waals surface area contributed by atoms with Gasteiger partial charge >= 0.3 is 49.7 Å². The fourth-order valence-corrected chi connectivity index (χ4v) is 1.36. The molecule has 0 radical (unpaired) electrons. The molecule has 1 aliphatic carbocycles. The Morgan fingerprint density at radius 2 is 1.85 bits per heavy atom. The van der Waals surface area contributed by atoms with Crippen molar-refractivity contribution in [1.82, 2.24) is 0 Å². The molecular formula is C8H12CaO4. The maximum absolute atomic E-state index is 10.6. The Kier molecular flexibility index (Phi) is 5.60. The predicted octanol–water partition coefficient (Wildman–Crippen LogP) is -0.178. The van der Waals surface area contributed by atoms with E-state index in [-0.39, 0.29) is 37.7 Å². The fourth-order valence-electron chi connectivity index (χ4n) is 1.36. The maximum atomic E-state index is 10.6. The summed E-state index contributed by atoms with van der Waals surface area (Å²) >= 11 is 0. The normalized spacial score (nSPS) is 26.2.